The molecule has 0 saturated carbocycles. The zero-order valence-electron chi connectivity index (χ0n) is 12.0. The first kappa shape index (κ1) is 14.9. The van der Waals surface area contributed by atoms with Crippen LogP contribution in [0.15, 0.2) is 12.2 Å². The SMILES string of the molecule is CC12OC(=O)C1([C@@H](O)[C@@H]1C=CCCC1)NC(=O)C2CCCl. The van der Waals surface area contributed by atoms with Crippen LogP contribution in [0.25, 0.3) is 0 Å². The fourth-order valence-electron chi connectivity index (χ4n) is 3.99. The van der Waals surface area contributed by atoms with E-state index in [2.05, 4.69) is 5.32 Å². The number of carbonyl (C=O) groups excluding carboxylic acids is 2. The van der Waals surface area contributed by atoms with E-state index < -0.39 is 29.1 Å². The number of rotatable bonds is 4. The summed E-state index contributed by atoms with van der Waals surface area (Å²) < 4.78 is 5.34. The maximum atomic E-state index is 12.2. The highest BCUT2D eigenvalue weighted by molar-refractivity contribution is 6.18. The van der Waals surface area contributed by atoms with Crippen LogP contribution in [0.4, 0.5) is 0 Å². The Labute approximate surface area is 128 Å². The van der Waals surface area contributed by atoms with Crippen molar-refractivity contribution in [2.24, 2.45) is 11.8 Å². The first-order chi connectivity index (χ1) is 9.97. The summed E-state index contributed by atoms with van der Waals surface area (Å²) in [6.45, 7) is 1.72. The Morgan fingerprint density at radius 2 is 2.33 bits per heavy atom. The lowest BCUT2D eigenvalue weighted by atomic mass is 9.64. The summed E-state index contributed by atoms with van der Waals surface area (Å²) in [4.78, 5) is 24.4. The molecule has 0 spiro atoms. The van der Waals surface area contributed by atoms with Gasteiger partial charge in [-0.1, -0.05) is 12.2 Å². The second kappa shape index (κ2) is 4.99. The number of nitrogens with one attached hydrogen (secondary N) is 1. The van der Waals surface area contributed by atoms with Gasteiger partial charge in [-0.2, -0.15) is 0 Å². The van der Waals surface area contributed by atoms with E-state index in [4.69, 9.17) is 16.3 Å². The number of aliphatic hydroxyl groups is 1. The molecule has 3 unspecified atom stereocenters. The van der Waals surface area contributed by atoms with Gasteiger partial charge in [-0.25, -0.2) is 4.79 Å². The smallest absolute Gasteiger partial charge is 0.339 e. The Kier molecular flexibility index (Phi) is 3.53. The average Bonchev–Trinajstić information content (AvgIpc) is 2.65. The first-order valence-electron chi connectivity index (χ1n) is 7.43. The molecule has 2 saturated heterocycles. The highest BCUT2D eigenvalue weighted by Crippen LogP contribution is 2.53. The Balaban J connectivity index is 1.94. The van der Waals surface area contributed by atoms with Gasteiger partial charge >= 0.3 is 5.97 Å². The molecule has 1 aliphatic carbocycles. The van der Waals surface area contributed by atoms with Crippen LogP contribution in [-0.4, -0.2) is 40.1 Å². The van der Waals surface area contributed by atoms with Gasteiger partial charge in [0.05, 0.1) is 12.0 Å². The van der Waals surface area contributed by atoms with Crippen LogP contribution in [0.5, 0.6) is 0 Å². The number of esters is 1. The van der Waals surface area contributed by atoms with E-state index in [-0.39, 0.29) is 11.8 Å². The van der Waals surface area contributed by atoms with E-state index in [0.29, 0.717) is 12.3 Å². The minimum Gasteiger partial charge on any atom is -0.453 e. The van der Waals surface area contributed by atoms with Crippen LogP contribution in [0, 0.1) is 11.8 Å². The predicted molar refractivity (Wildman–Crippen MR) is 76.7 cm³/mol. The van der Waals surface area contributed by atoms with Crippen molar-refractivity contribution in [3.63, 3.8) is 0 Å². The summed E-state index contributed by atoms with van der Waals surface area (Å²) in [6.07, 6.45) is 6.17. The number of aliphatic hydroxyl groups excluding tert-OH is 1. The molecule has 2 fully saturated rings. The molecule has 1 amide bonds. The van der Waals surface area contributed by atoms with Crippen molar-refractivity contribution in [2.75, 3.05) is 5.88 Å². The van der Waals surface area contributed by atoms with Crippen molar-refractivity contribution < 1.29 is 19.4 Å². The minimum atomic E-state index is -1.33. The van der Waals surface area contributed by atoms with Crippen molar-refractivity contribution in [1.82, 2.24) is 5.32 Å². The van der Waals surface area contributed by atoms with E-state index in [9.17, 15) is 14.7 Å². The number of carbonyl (C=O) groups is 2. The predicted octanol–water partition coefficient (Wildman–Crippen LogP) is 1.13. The van der Waals surface area contributed by atoms with Gasteiger partial charge in [-0.3, -0.25) is 4.79 Å². The lowest BCUT2D eigenvalue weighted by Gasteiger charge is -2.54. The lowest BCUT2D eigenvalue weighted by molar-refractivity contribution is -0.238. The molecule has 2 heterocycles. The second-order valence-electron chi connectivity index (χ2n) is 6.29. The zero-order chi connectivity index (χ0) is 15.3. The van der Waals surface area contributed by atoms with E-state index in [1.165, 1.54) is 0 Å². The second-order valence-corrected chi connectivity index (χ2v) is 6.67. The standard InChI is InChI=1S/C15H20ClNO4/c1-14-10(7-8-16)12(19)17-15(14,13(20)21-14)11(18)9-5-3-2-4-6-9/h3,5,9-11,18H,2,4,6-8H2,1H3,(H,17,19)/t9-,10?,11+,14?,15?/m1/s1. The van der Waals surface area contributed by atoms with Gasteiger partial charge in [0.25, 0.3) is 0 Å². The van der Waals surface area contributed by atoms with Crippen LogP contribution in [-0.2, 0) is 14.3 Å². The molecular weight excluding hydrogens is 294 g/mol. The third kappa shape index (κ3) is 1.80. The molecule has 3 rings (SSSR count). The highest BCUT2D eigenvalue weighted by Gasteiger charge is 2.79. The van der Waals surface area contributed by atoms with Gasteiger partial charge in [0.15, 0.2) is 5.60 Å². The van der Waals surface area contributed by atoms with Gasteiger partial charge in [-0.15, -0.1) is 11.6 Å². The molecule has 0 aromatic heterocycles. The molecule has 0 bridgehead atoms. The molecule has 2 aliphatic heterocycles. The van der Waals surface area contributed by atoms with Gasteiger partial charge in [0.1, 0.15) is 0 Å². The summed E-state index contributed by atoms with van der Waals surface area (Å²) in [5.74, 6) is -1.14. The summed E-state index contributed by atoms with van der Waals surface area (Å²) in [6, 6.07) is 0. The summed E-state index contributed by atoms with van der Waals surface area (Å²) in [5, 5.41) is 13.5. The van der Waals surface area contributed by atoms with Crippen LogP contribution in [0.2, 0.25) is 0 Å². The molecule has 3 aliphatic rings. The summed E-state index contributed by atoms with van der Waals surface area (Å²) >= 11 is 5.76. The van der Waals surface area contributed by atoms with Crippen LogP contribution < -0.4 is 5.32 Å². The Hall–Kier alpha value is -1.07. The number of allylic oxidation sites excluding steroid dienone is 1. The summed E-state index contributed by atoms with van der Waals surface area (Å²) in [5.41, 5.74) is -2.34. The molecule has 0 radical (unpaired) electrons. The van der Waals surface area contributed by atoms with Crippen molar-refractivity contribution in [1.29, 1.82) is 0 Å². The molecule has 5 atom stereocenters. The monoisotopic (exact) mass is 313 g/mol. The van der Waals surface area contributed by atoms with Crippen LogP contribution in [0.3, 0.4) is 0 Å². The molecule has 6 heteroatoms. The largest absolute Gasteiger partial charge is 0.453 e. The van der Waals surface area contributed by atoms with Gasteiger partial charge in [0.2, 0.25) is 11.4 Å². The topological polar surface area (TPSA) is 75.6 Å². The van der Waals surface area contributed by atoms with Crippen molar-refractivity contribution in [3.8, 4) is 0 Å². The first-order valence-corrected chi connectivity index (χ1v) is 7.97. The summed E-state index contributed by atoms with van der Waals surface area (Å²) in [7, 11) is 0. The Bertz CT molecular complexity index is 508. The molecule has 21 heavy (non-hydrogen) atoms. The highest BCUT2D eigenvalue weighted by atomic mass is 35.5. The average molecular weight is 314 g/mol. The van der Waals surface area contributed by atoms with Crippen LogP contribution in [0.1, 0.15) is 32.6 Å². The molecule has 116 valence electrons. The molecule has 2 N–H and O–H groups in total. The number of hydrogen-bond donors (Lipinski definition) is 2. The maximum absolute atomic E-state index is 12.2. The van der Waals surface area contributed by atoms with Crippen LogP contribution >= 0.6 is 11.6 Å². The fourth-order valence-corrected chi connectivity index (χ4v) is 4.21. The van der Waals surface area contributed by atoms with Gasteiger partial charge in [-0.05, 0) is 32.6 Å². The molecule has 0 aromatic carbocycles. The van der Waals surface area contributed by atoms with Gasteiger partial charge in [0, 0.05) is 11.8 Å². The van der Waals surface area contributed by atoms with Crippen molar-refractivity contribution in [3.05, 3.63) is 12.2 Å². The van der Waals surface area contributed by atoms with Gasteiger partial charge < -0.3 is 15.2 Å². The van der Waals surface area contributed by atoms with E-state index in [0.717, 1.165) is 19.3 Å². The minimum absolute atomic E-state index is 0.138. The maximum Gasteiger partial charge on any atom is 0.339 e. The van der Waals surface area contributed by atoms with E-state index in [1.807, 2.05) is 12.2 Å². The third-order valence-electron chi connectivity index (χ3n) is 5.25. The normalized spacial score (nSPS) is 42.8. The van der Waals surface area contributed by atoms with E-state index in [1.54, 1.807) is 6.92 Å². The molecular formula is C15H20ClNO4. The fraction of sp³-hybridized carbons (Fsp3) is 0.733. The number of ether oxygens (including phenoxy) is 1. The van der Waals surface area contributed by atoms with Crippen molar-refractivity contribution >= 4 is 23.5 Å². The molecule has 5 nitrogen and oxygen atoms in total. The lowest BCUT2D eigenvalue weighted by Crippen LogP contribution is -2.80. The number of alkyl halides is 1. The Morgan fingerprint density at radius 1 is 1.57 bits per heavy atom. The quantitative estimate of drug-likeness (QED) is 0.463. The van der Waals surface area contributed by atoms with E-state index >= 15 is 0 Å². The Morgan fingerprint density at radius 3 is 2.90 bits per heavy atom. The zero-order valence-corrected chi connectivity index (χ0v) is 12.7. The third-order valence-corrected chi connectivity index (χ3v) is 5.47. The number of hydrogen-bond acceptors (Lipinski definition) is 4. The molecule has 0 aromatic rings. The number of fused-ring (bicyclic) bond motifs is 1. The number of amides is 1. The van der Waals surface area contributed by atoms with Crippen molar-refractivity contribution in [2.45, 2.75) is 49.9 Å². The number of halogens is 1.